The number of likely N-dealkylation sites (N-methyl/N-ethyl adjacent to an activating group) is 1. The Morgan fingerprint density at radius 1 is 1.09 bits per heavy atom. The highest BCUT2D eigenvalue weighted by atomic mass is 127. The van der Waals surface area contributed by atoms with Crippen LogP contribution >= 0.6 is 45.2 Å². The summed E-state index contributed by atoms with van der Waals surface area (Å²) in [4.78, 5) is 2.27. The first-order valence-electron chi connectivity index (χ1n) is 7.57. The molecule has 2 aliphatic heterocycles. The van der Waals surface area contributed by atoms with Crippen molar-refractivity contribution in [3.05, 3.63) is 60.7 Å². The predicted molar refractivity (Wildman–Crippen MR) is 112 cm³/mol. The number of hydrogen-bond donors (Lipinski definition) is 0. The molecular weight excluding hydrogens is 512 g/mol. The summed E-state index contributed by atoms with van der Waals surface area (Å²) in [6.07, 6.45) is 4.44. The van der Waals surface area contributed by atoms with Crippen LogP contribution in [0.15, 0.2) is 42.5 Å². The Balaban J connectivity index is 1.92. The fourth-order valence-electron chi connectivity index (χ4n) is 3.81. The summed E-state index contributed by atoms with van der Waals surface area (Å²) in [5.74, 6) is 0.987. The van der Waals surface area contributed by atoms with E-state index in [4.69, 9.17) is 4.74 Å². The number of benzene rings is 2. The van der Waals surface area contributed by atoms with Crippen molar-refractivity contribution in [2.45, 2.75) is 25.0 Å². The number of ether oxygens (including phenoxy) is 1. The molecular formula is C19H17I2NO. The molecule has 4 heteroatoms. The van der Waals surface area contributed by atoms with Gasteiger partial charge in [-0.15, -0.1) is 0 Å². The van der Waals surface area contributed by atoms with Gasteiger partial charge in [-0.2, -0.15) is 0 Å². The summed E-state index contributed by atoms with van der Waals surface area (Å²) < 4.78 is 9.10. The van der Waals surface area contributed by atoms with Crippen molar-refractivity contribution in [3.8, 4) is 5.75 Å². The van der Waals surface area contributed by atoms with E-state index in [-0.39, 0.29) is 5.41 Å². The molecule has 23 heavy (non-hydrogen) atoms. The summed E-state index contributed by atoms with van der Waals surface area (Å²) >= 11 is 4.73. The quantitative estimate of drug-likeness (QED) is 0.423. The number of halogens is 2. The van der Waals surface area contributed by atoms with Gasteiger partial charge in [-0.25, -0.2) is 0 Å². The second-order valence-corrected chi connectivity index (χ2v) is 9.05. The Labute approximate surface area is 164 Å². The predicted octanol–water partition coefficient (Wildman–Crippen LogP) is 5.43. The molecule has 0 fully saturated rings. The number of rotatable bonds is 0. The van der Waals surface area contributed by atoms with E-state index in [1.807, 2.05) is 0 Å². The Hall–Kier alpha value is -0.760. The van der Waals surface area contributed by atoms with Crippen LogP contribution in [0.3, 0.4) is 0 Å². The average Bonchev–Trinajstić information content (AvgIpc) is 2.68. The SMILES string of the molecule is CN1c2ccccc2C(C)(C)C12C=Cc1cc(I)cc(I)c1O2. The van der Waals surface area contributed by atoms with Gasteiger partial charge >= 0.3 is 0 Å². The van der Waals surface area contributed by atoms with Crippen LogP contribution in [0.5, 0.6) is 5.75 Å². The molecule has 0 aliphatic carbocycles. The normalized spacial score (nSPS) is 23.6. The monoisotopic (exact) mass is 529 g/mol. The van der Waals surface area contributed by atoms with Crippen molar-refractivity contribution < 1.29 is 4.74 Å². The Kier molecular flexibility index (Phi) is 3.50. The van der Waals surface area contributed by atoms with Crippen LogP contribution in [0.25, 0.3) is 6.08 Å². The molecule has 4 rings (SSSR count). The number of nitrogens with zero attached hydrogens (tertiary/aromatic N) is 1. The van der Waals surface area contributed by atoms with Gasteiger partial charge in [0.05, 0.1) is 8.99 Å². The van der Waals surface area contributed by atoms with E-state index in [0.717, 1.165) is 14.9 Å². The lowest BCUT2D eigenvalue weighted by Crippen LogP contribution is -2.58. The number of fused-ring (bicyclic) bond motifs is 2. The van der Waals surface area contributed by atoms with Crippen LogP contribution in [-0.4, -0.2) is 12.8 Å². The van der Waals surface area contributed by atoms with Gasteiger partial charge in [-0.1, -0.05) is 18.2 Å². The molecule has 0 aromatic heterocycles. The highest BCUT2D eigenvalue weighted by Gasteiger charge is 2.57. The minimum Gasteiger partial charge on any atom is -0.462 e. The zero-order chi connectivity index (χ0) is 16.4. The van der Waals surface area contributed by atoms with Gasteiger partial charge in [-0.05, 0) is 94.9 Å². The summed E-state index contributed by atoms with van der Waals surface area (Å²) in [5.41, 5.74) is 3.10. The topological polar surface area (TPSA) is 12.5 Å². The Morgan fingerprint density at radius 2 is 1.83 bits per heavy atom. The van der Waals surface area contributed by atoms with Crippen LogP contribution in [0.2, 0.25) is 0 Å². The molecule has 0 N–H and O–H groups in total. The molecule has 0 amide bonds. The van der Waals surface area contributed by atoms with E-state index in [1.165, 1.54) is 14.8 Å². The maximum atomic E-state index is 6.70. The van der Waals surface area contributed by atoms with E-state index < -0.39 is 5.72 Å². The smallest absolute Gasteiger partial charge is 0.211 e. The summed E-state index contributed by atoms with van der Waals surface area (Å²) in [6, 6.07) is 12.9. The molecule has 2 aliphatic rings. The fraction of sp³-hybridized carbons (Fsp3) is 0.263. The lowest BCUT2D eigenvalue weighted by atomic mass is 9.76. The van der Waals surface area contributed by atoms with Crippen molar-refractivity contribution >= 4 is 56.9 Å². The van der Waals surface area contributed by atoms with Crippen LogP contribution in [-0.2, 0) is 5.41 Å². The largest absolute Gasteiger partial charge is 0.462 e. The number of anilines is 1. The third kappa shape index (κ3) is 2.03. The maximum absolute atomic E-state index is 6.70. The molecule has 0 bridgehead atoms. The standard InChI is InChI=1S/C19H17I2NO/c1-18(2)14-6-4-5-7-16(14)22(3)19(18)9-8-12-10-13(20)11-15(21)17(12)23-19/h4-11H,1-3H3. The van der Waals surface area contributed by atoms with Gasteiger partial charge in [0.2, 0.25) is 5.72 Å². The van der Waals surface area contributed by atoms with Crippen LogP contribution in [0.1, 0.15) is 25.0 Å². The molecule has 0 saturated carbocycles. The zero-order valence-electron chi connectivity index (χ0n) is 13.2. The average molecular weight is 529 g/mol. The van der Waals surface area contributed by atoms with Gasteiger partial charge in [0, 0.05) is 21.9 Å². The minimum atomic E-state index is -0.490. The van der Waals surface area contributed by atoms with Crippen molar-refractivity contribution in [2.75, 3.05) is 11.9 Å². The molecule has 0 radical (unpaired) electrons. The van der Waals surface area contributed by atoms with Crippen molar-refractivity contribution in [1.82, 2.24) is 0 Å². The van der Waals surface area contributed by atoms with Crippen LogP contribution in [0, 0.1) is 7.14 Å². The number of hydrogen-bond acceptors (Lipinski definition) is 2. The molecule has 1 spiro atoms. The maximum Gasteiger partial charge on any atom is 0.211 e. The third-order valence-electron chi connectivity index (χ3n) is 5.12. The lowest BCUT2D eigenvalue weighted by molar-refractivity contribution is 0.0572. The van der Waals surface area contributed by atoms with E-state index in [1.54, 1.807) is 0 Å². The Bertz CT molecular complexity index is 843. The van der Waals surface area contributed by atoms with Crippen molar-refractivity contribution in [3.63, 3.8) is 0 Å². The molecule has 118 valence electrons. The molecule has 2 nitrogen and oxygen atoms in total. The second-order valence-electron chi connectivity index (χ2n) is 6.64. The van der Waals surface area contributed by atoms with Gasteiger partial charge in [-0.3, -0.25) is 0 Å². The van der Waals surface area contributed by atoms with Gasteiger partial charge in [0.15, 0.2) is 0 Å². The molecule has 1 atom stereocenters. The van der Waals surface area contributed by atoms with E-state index in [9.17, 15) is 0 Å². The van der Waals surface area contributed by atoms with Crippen LogP contribution in [0.4, 0.5) is 5.69 Å². The highest BCUT2D eigenvalue weighted by Crippen LogP contribution is 2.54. The summed E-state index contributed by atoms with van der Waals surface area (Å²) in [6.45, 7) is 4.54. The first-order chi connectivity index (χ1) is 10.9. The highest BCUT2D eigenvalue weighted by molar-refractivity contribution is 14.1. The first kappa shape index (κ1) is 15.7. The number of para-hydroxylation sites is 1. The van der Waals surface area contributed by atoms with Crippen molar-refractivity contribution in [2.24, 2.45) is 0 Å². The summed E-state index contributed by atoms with van der Waals surface area (Å²) in [7, 11) is 2.13. The molecule has 2 heterocycles. The summed E-state index contributed by atoms with van der Waals surface area (Å²) in [5, 5.41) is 0. The van der Waals surface area contributed by atoms with Gasteiger partial charge in [0.25, 0.3) is 0 Å². The molecule has 0 saturated heterocycles. The van der Waals surface area contributed by atoms with Crippen molar-refractivity contribution in [1.29, 1.82) is 0 Å². The second kappa shape index (κ2) is 5.12. The lowest BCUT2D eigenvalue weighted by Gasteiger charge is -2.46. The first-order valence-corrected chi connectivity index (χ1v) is 9.73. The van der Waals surface area contributed by atoms with Crippen LogP contribution < -0.4 is 9.64 Å². The Morgan fingerprint density at radius 3 is 2.57 bits per heavy atom. The van der Waals surface area contributed by atoms with Gasteiger partial charge < -0.3 is 9.64 Å². The third-order valence-corrected chi connectivity index (χ3v) is 6.54. The molecule has 2 aromatic rings. The fourth-order valence-corrected chi connectivity index (χ4v) is 5.81. The molecule has 2 aromatic carbocycles. The van der Waals surface area contributed by atoms with E-state index >= 15 is 0 Å². The minimum absolute atomic E-state index is 0.140. The molecule has 1 unspecified atom stereocenters. The van der Waals surface area contributed by atoms with Gasteiger partial charge in [0.1, 0.15) is 5.75 Å². The van der Waals surface area contributed by atoms with E-state index in [0.29, 0.717) is 0 Å². The van der Waals surface area contributed by atoms with E-state index in [2.05, 4.69) is 120 Å². The zero-order valence-corrected chi connectivity index (χ0v) is 17.5.